The first-order chi connectivity index (χ1) is 10.8. The third kappa shape index (κ3) is 2.84. The summed E-state index contributed by atoms with van der Waals surface area (Å²) in [5, 5.41) is 1.15. The van der Waals surface area contributed by atoms with Crippen molar-refractivity contribution in [2.45, 2.75) is 13.0 Å². The lowest BCUT2D eigenvalue weighted by Gasteiger charge is -2.31. The van der Waals surface area contributed by atoms with Crippen LogP contribution < -0.4 is 9.64 Å². The van der Waals surface area contributed by atoms with Crippen molar-refractivity contribution >= 4 is 29.0 Å². The van der Waals surface area contributed by atoms with Crippen molar-refractivity contribution in [3.63, 3.8) is 0 Å². The minimum atomic E-state index is 0. The van der Waals surface area contributed by atoms with Gasteiger partial charge >= 0.3 is 0 Å². The maximum atomic E-state index is 5.37. The summed E-state index contributed by atoms with van der Waals surface area (Å²) in [6.45, 7) is 1.99. The molecule has 0 aliphatic carbocycles. The van der Waals surface area contributed by atoms with Crippen molar-refractivity contribution in [1.82, 2.24) is 4.98 Å². The van der Waals surface area contributed by atoms with Crippen molar-refractivity contribution in [3.8, 4) is 5.75 Å². The summed E-state index contributed by atoms with van der Waals surface area (Å²) in [5.74, 6) is 0.874. The Balaban J connectivity index is 0.00000156. The molecule has 0 atom stereocenters. The van der Waals surface area contributed by atoms with Gasteiger partial charge in [0.05, 0.1) is 12.6 Å². The van der Waals surface area contributed by atoms with Crippen LogP contribution in [-0.4, -0.2) is 18.6 Å². The summed E-state index contributed by atoms with van der Waals surface area (Å²) >= 11 is 0. The van der Waals surface area contributed by atoms with Crippen LogP contribution in [0.25, 0.3) is 10.9 Å². The van der Waals surface area contributed by atoms with Gasteiger partial charge in [-0.25, -0.2) is 0 Å². The molecule has 4 rings (SSSR count). The highest BCUT2D eigenvalue weighted by Crippen LogP contribution is 2.31. The lowest BCUT2D eigenvalue weighted by molar-refractivity contribution is 0.415. The van der Waals surface area contributed by atoms with Gasteiger partial charge in [0, 0.05) is 30.4 Å². The number of aromatic nitrogens is 1. The molecule has 0 fully saturated rings. The summed E-state index contributed by atoms with van der Waals surface area (Å²) in [4.78, 5) is 6.91. The summed E-state index contributed by atoms with van der Waals surface area (Å²) in [6, 6.07) is 16.9. The van der Waals surface area contributed by atoms with E-state index in [4.69, 9.17) is 4.74 Å². The fourth-order valence-corrected chi connectivity index (χ4v) is 3.21. The number of hydrogen-bond acceptors (Lipinski definition) is 3. The molecule has 1 aliphatic heterocycles. The van der Waals surface area contributed by atoms with Gasteiger partial charge in [0.25, 0.3) is 0 Å². The van der Waals surface area contributed by atoms with Crippen LogP contribution in [0, 0.1) is 0 Å². The molecule has 0 amide bonds. The highest BCUT2D eigenvalue weighted by atomic mass is 35.5. The molecule has 0 spiro atoms. The Hall–Kier alpha value is -2.26. The van der Waals surface area contributed by atoms with E-state index in [1.165, 1.54) is 16.8 Å². The van der Waals surface area contributed by atoms with Crippen molar-refractivity contribution < 1.29 is 4.74 Å². The third-order valence-corrected chi connectivity index (χ3v) is 4.40. The number of rotatable bonds is 2. The minimum Gasteiger partial charge on any atom is -0.497 e. The quantitative estimate of drug-likeness (QED) is 0.704. The van der Waals surface area contributed by atoms with Gasteiger partial charge in [-0.05, 0) is 41.8 Å². The smallest absolute Gasteiger partial charge is 0.119 e. The zero-order valence-corrected chi connectivity index (χ0v) is 13.8. The van der Waals surface area contributed by atoms with E-state index in [0.29, 0.717) is 0 Å². The highest BCUT2D eigenvalue weighted by Gasteiger charge is 2.18. The first-order valence-corrected chi connectivity index (χ1v) is 7.59. The zero-order valence-electron chi connectivity index (χ0n) is 13.0. The van der Waals surface area contributed by atoms with Gasteiger partial charge in [0.1, 0.15) is 5.75 Å². The average Bonchev–Trinajstić information content (AvgIpc) is 2.60. The van der Waals surface area contributed by atoms with Crippen LogP contribution in [-0.2, 0) is 13.0 Å². The van der Waals surface area contributed by atoms with E-state index in [0.717, 1.165) is 36.2 Å². The molecule has 1 aromatic heterocycles. The molecule has 0 radical (unpaired) electrons. The number of methoxy groups -OCH3 is 1. The molecule has 0 saturated carbocycles. The lowest BCUT2D eigenvalue weighted by Crippen LogP contribution is -2.30. The van der Waals surface area contributed by atoms with Gasteiger partial charge in [-0.3, -0.25) is 4.98 Å². The molecular weight excluding hydrogens is 308 g/mol. The first-order valence-electron chi connectivity index (χ1n) is 7.59. The Morgan fingerprint density at radius 3 is 2.70 bits per heavy atom. The fraction of sp³-hybridized carbons (Fsp3) is 0.211. The number of nitrogens with zero attached hydrogens (tertiary/aromatic N) is 2. The van der Waals surface area contributed by atoms with Gasteiger partial charge in [-0.1, -0.05) is 24.3 Å². The van der Waals surface area contributed by atoms with E-state index >= 15 is 0 Å². The average molecular weight is 327 g/mol. The molecule has 118 valence electrons. The van der Waals surface area contributed by atoms with Crippen molar-refractivity contribution in [3.05, 3.63) is 65.9 Å². The molecule has 1 aliphatic rings. The van der Waals surface area contributed by atoms with Crippen molar-refractivity contribution in [2.75, 3.05) is 18.6 Å². The number of hydrogen-bond donors (Lipinski definition) is 0. The van der Waals surface area contributed by atoms with Crippen molar-refractivity contribution in [2.24, 2.45) is 0 Å². The topological polar surface area (TPSA) is 25.4 Å². The molecule has 0 saturated heterocycles. The van der Waals surface area contributed by atoms with E-state index in [1.807, 2.05) is 18.3 Å². The largest absolute Gasteiger partial charge is 0.497 e. The van der Waals surface area contributed by atoms with E-state index < -0.39 is 0 Å². The lowest BCUT2D eigenvalue weighted by atomic mass is 9.99. The SMILES string of the molecule is COc1ccc2nccc(N3CCc4ccccc4C3)c2c1.Cl. The Morgan fingerprint density at radius 1 is 1.04 bits per heavy atom. The normalized spacial score (nSPS) is 13.3. The number of pyridine rings is 1. The highest BCUT2D eigenvalue weighted by molar-refractivity contribution is 5.92. The number of fused-ring (bicyclic) bond motifs is 2. The van der Waals surface area contributed by atoms with Crippen molar-refractivity contribution in [1.29, 1.82) is 0 Å². The minimum absolute atomic E-state index is 0. The second-order valence-electron chi connectivity index (χ2n) is 5.65. The van der Waals surface area contributed by atoms with Gasteiger partial charge in [-0.2, -0.15) is 0 Å². The second kappa shape index (κ2) is 6.47. The number of halogens is 1. The van der Waals surface area contributed by atoms with Crippen LogP contribution in [0.5, 0.6) is 5.75 Å². The number of benzene rings is 2. The summed E-state index contributed by atoms with van der Waals surface area (Å²) in [7, 11) is 1.70. The fourth-order valence-electron chi connectivity index (χ4n) is 3.21. The van der Waals surface area contributed by atoms with Crippen LogP contribution in [0.2, 0.25) is 0 Å². The molecule has 0 unspecified atom stereocenters. The van der Waals surface area contributed by atoms with Gasteiger partial charge in [0.2, 0.25) is 0 Å². The molecule has 0 N–H and O–H groups in total. The second-order valence-corrected chi connectivity index (χ2v) is 5.65. The Labute approximate surface area is 142 Å². The number of ether oxygens (including phenoxy) is 1. The monoisotopic (exact) mass is 326 g/mol. The Kier molecular flexibility index (Phi) is 4.39. The molecule has 4 heteroatoms. The standard InChI is InChI=1S/C19H18N2O.ClH/c1-22-16-6-7-18-17(12-16)19(8-10-20-18)21-11-9-14-4-2-3-5-15(14)13-21;/h2-8,10,12H,9,11,13H2,1H3;1H. The van der Waals surface area contributed by atoms with Gasteiger partial charge in [-0.15, -0.1) is 12.4 Å². The first kappa shape index (κ1) is 15.6. The van der Waals surface area contributed by atoms with E-state index in [2.05, 4.69) is 46.3 Å². The van der Waals surface area contributed by atoms with Gasteiger partial charge < -0.3 is 9.64 Å². The number of anilines is 1. The molecule has 0 bridgehead atoms. The van der Waals surface area contributed by atoms with E-state index in [9.17, 15) is 0 Å². The Bertz CT molecular complexity index is 834. The van der Waals surface area contributed by atoms with Crippen LogP contribution in [0.4, 0.5) is 5.69 Å². The maximum Gasteiger partial charge on any atom is 0.119 e. The predicted molar refractivity (Wildman–Crippen MR) is 96.7 cm³/mol. The molecular formula is C19H19ClN2O. The van der Waals surface area contributed by atoms with Crippen LogP contribution >= 0.6 is 12.4 Å². The maximum absolute atomic E-state index is 5.37. The molecule has 2 aromatic carbocycles. The molecule has 2 heterocycles. The molecule has 3 nitrogen and oxygen atoms in total. The van der Waals surface area contributed by atoms with Gasteiger partial charge in [0.15, 0.2) is 0 Å². The summed E-state index contributed by atoms with van der Waals surface area (Å²) in [6.07, 6.45) is 2.98. The van der Waals surface area contributed by atoms with Crippen LogP contribution in [0.3, 0.4) is 0 Å². The summed E-state index contributed by atoms with van der Waals surface area (Å²) < 4.78 is 5.37. The predicted octanol–water partition coefficient (Wildman–Crippen LogP) is 4.23. The molecule has 23 heavy (non-hydrogen) atoms. The molecule has 3 aromatic rings. The van der Waals surface area contributed by atoms with Crippen LogP contribution in [0.15, 0.2) is 54.7 Å². The summed E-state index contributed by atoms with van der Waals surface area (Å²) in [5.41, 5.74) is 5.13. The zero-order chi connectivity index (χ0) is 14.9. The van der Waals surface area contributed by atoms with E-state index in [-0.39, 0.29) is 12.4 Å². The van der Waals surface area contributed by atoms with E-state index in [1.54, 1.807) is 7.11 Å². The Morgan fingerprint density at radius 2 is 1.87 bits per heavy atom. The van der Waals surface area contributed by atoms with Crippen LogP contribution in [0.1, 0.15) is 11.1 Å². The third-order valence-electron chi connectivity index (χ3n) is 4.40.